The number of methoxy groups -OCH3 is 1. The highest BCUT2D eigenvalue weighted by atomic mass is 16.5. The van der Waals surface area contributed by atoms with Crippen molar-refractivity contribution < 1.29 is 19.7 Å². The zero-order valence-corrected chi connectivity index (χ0v) is 7.24. The van der Waals surface area contributed by atoms with Crippen molar-refractivity contribution >= 4 is 11.8 Å². The maximum atomic E-state index is 10.7. The number of carbonyl (C=O) groups excluding carboxylic acids is 1. The summed E-state index contributed by atoms with van der Waals surface area (Å²) >= 11 is 0. The molecule has 0 fully saturated rings. The lowest BCUT2D eigenvalue weighted by molar-refractivity contribution is 0.186. The molecular formula is C7H10N2O4. The molecule has 0 saturated heterocycles. The third-order valence-corrected chi connectivity index (χ3v) is 1.60. The normalized spacial score (nSPS) is 9.69. The number of aromatic hydroxyl groups is 2. The summed E-state index contributed by atoms with van der Waals surface area (Å²) in [7, 11) is 2.66. The van der Waals surface area contributed by atoms with E-state index in [-0.39, 0.29) is 17.4 Å². The molecule has 0 saturated carbocycles. The van der Waals surface area contributed by atoms with Crippen molar-refractivity contribution in [3.05, 3.63) is 6.07 Å². The molecule has 0 radical (unpaired) electrons. The van der Waals surface area contributed by atoms with E-state index in [1.807, 2.05) is 0 Å². The number of nitrogens with zero attached hydrogens (tertiary/aromatic N) is 1. The van der Waals surface area contributed by atoms with Gasteiger partial charge >= 0.3 is 6.09 Å². The number of hydrogen-bond donors (Lipinski definition) is 3. The molecule has 3 N–H and O–H groups in total. The first-order valence-electron chi connectivity index (χ1n) is 3.49. The van der Waals surface area contributed by atoms with Gasteiger partial charge in [0.1, 0.15) is 5.69 Å². The molecule has 0 aliphatic heterocycles. The van der Waals surface area contributed by atoms with Gasteiger partial charge in [-0.05, 0) is 0 Å². The minimum Gasteiger partial charge on any atom is -0.494 e. The number of hydrogen-bond acceptors (Lipinski definition) is 4. The molecule has 1 heterocycles. The summed E-state index contributed by atoms with van der Waals surface area (Å²) < 4.78 is 5.42. The summed E-state index contributed by atoms with van der Waals surface area (Å²) in [5, 5.41) is 20.6. The molecule has 6 heteroatoms. The number of rotatable bonds is 1. The summed E-state index contributed by atoms with van der Waals surface area (Å²) in [5.41, 5.74) is 0.104. The highest BCUT2D eigenvalue weighted by molar-refractivity contribution is 5.86. The van der Waals surface area contributed by atoms with Gasteiger partial charge in [-0.15, -0.1) is 0 Å². The Bertz CT molecular complexity index is 331. The van der Waals surface area contributed by atoms with Crippen LogP contribution >= 0.6 is 0 Å². The maximum Gasteiger partial charge on any atom is 0.411 e. The van der Waals surface area contributed by atoms with E-state index < -0.39 is 6.09 Å². The number of aromatic nitrogens is 1. The van der Waals surface area contributed by atoms with E-state index in [0.29, 0.717) is 0 Å². The van der Waals surface area contributed by atoms with Gasteiger partial charge in [0.2, 0.25) is 5.88 Å². The van der Waals surface area contributed by atoms with Gasteiger partial charge < -0.3 is 14.9 Å². The molecule has 0 aromatic carbocycles. The van der Waals surface area contributed by atoms with Gasteiger partial charge in [-0.3, -0.25) is 9.88 Å². The van der Waals surface area contributed by atoms with Crippen LogP contribution in [0.5, 0.6) is 11.8 Å². The quantitative estimate of drug-likeness (QED) is 0.600. The minimum absolute atomic E-state index is 0.104. The van der Waals surface area contributed by atoms with E-state index in [1.54, 1.807) is 0 Å². The average molecular weight is 186 g/mol. The summed E-state index contributed by atoms with van der Waals surface area (Å²) in [4.78, 5) is 10.7. The van der Waals surface area contributed by atoms with Gasteiger partial charge in [0.25, 0.3) is 0 Å². The van der Waals surface area contributed by atoms with Gasteiger partial charge in [-0.2, -0.15) is 0 Å². The van der Waals surface area contributed by atoms with Crippen LogP contribution in [0.3, 0.4) is 0 Å². The minimum atomic E-state index is -0.707. The summed E-state index contributed by atoms with van der Waals surface area (Å²) in [6.45, 7) is 0. The lowest BCUT2D eigenvalue weighted by Crippen LogP contribution is -2.10. The molecule has 0 aliphatic rings. The number of nitrogens with one attached hydrogen (secondary N) is 1. The second-order valence-corrected chi connectivity index (χ2v) is 2.42. The Labute approximate surface area is 74.4 Å². The molecule has 1 amide bonds. The lowest BCUT2D eigenvalue weighted by atomic mass is 10.5. The largest absolute Gasteiger partial charge is 0.494 e. The second-order valence-electron chi connectivity index (χ2n) is 2.42. The number of amides is 1. The standard InChI is InChI=1S/C7H10N2O4/c1-9-5(10)3-4(6(9)11)8-7(12)13-2/h3,10-11H,1-2H3,(H,8,12). The van der Waals surface area contributed by atoms with Crippen molar-refractivity contribution in [3.8, 4) is 11.8 Å². The fourth-order valence-electron chi connectivity index (χ4n) is 0.833. The van der Waals surface area contributed by atoms with Crippen LogP contribution in [0.1, 0.15) is 0 Å². The molecule has 6 nitrogen and oxygen atoms in total. The molecule has 0 aliphatic carbocycles. The van der Waals surface area contributed by atoms with Crippen molar-refractivity contribution in [3.63, 3.8) is 0 Å². The SMILES string of the molecule is COC(=O)Nc1cc(O)n(C)c1O. The van der Waals surface area contributed by atoms with Gasteiger partial charge in [-0.1, -0.05) is 0 Å². The van der Waals surface area contributed by atoms with E-state index >= 15 is 0 Å². The monoisotopic (exact) mass is 186 g/mol. The van der Waals surface area contributed by atoms with Crippen LogP contribution in [0.2, 0.25) is 0 Å². The van der Waals surface area contributed by atoms with Gasteiger partial charge in [0, 0.05) is 13.1 Å². The van der Waals surface area contributed by atoms with E-state index in [4.69, 9.17) is 5.11 Å². The molecular weight excluding hydrogens is 176 g/mol. The Morgan fingerprint density at radius 1 is 1.62 bits per heavy atom. The average Bonchev–Trinajstić information content (AvgIpc) is 2.34. The van der Waals surface area contributed by atoms with Gasteiger partial charge in [0.15, 0.2) is 5.88 Å². The number of anilines is 1. The Balaban J connectivity index is 2.90. The molecule has 72 valence electrons. The van der Waals surface area contributed by atoms with Crippen molar-refractivity contribution in [2.24, 2.45) is 7.05 Å². The van der Waals surface area contributed by atoms with Crippen molar-refractivity contribution in [1.82, 2.24) is 4.57 Å². The predicted molar refractivity (Wildman–Crippen MR) is 44.8 cm³/mol. The van der Waals surface area contributed by atoms with Crippen molar-refractivity contribution in [1.29, 1.82) is 0 Å². The molecule has 0 bridgehead atoms. The Kier molecular flexibility index (Phi) is 2.32. The second kappa shape index (κ2) is 3.26. The zero-order valence-electron chi connectivity index (χ0n) is 7.24. The van der Waals surface area contributed by atoms with Crippen LogP contribution < -0.4 is 5.32 Å². The lowest BCUT2D eigenvalue weighted by Gasteiger charge is -2.01. The van der Waals surface area contributed by atoms with E-state index in [1.165, 1.54) is 20.2 Å². The van der Waals surface area contributed by atoms with Gasteiger partial charge in [-0.25, -0.2) is 4.79 Å². The number of ether oxygens (including phenoxy) is 1. The molecule has 13 heavy (non-hydrogen) atoms. The summed E-state index contributed by atoms with van der Waals surface area (Å²) in [6.07, 6.45) is -0.707. The van der Waals surface area contributed by atoms with Crippen LogP contribution in [0, 0.1) is 0 Å². The molecule has 0 unspecified atom stereocenters. The molecule has 1 aromatic heterocycles. The van der Waals surface area contributed by atoms with E-state index in [2.05, 4.69) is 10.1 Å². The fraction of sp³-hybridized carbons (Fsp3) is 0.286. The summed E-state index contributed by atoms with van der Waals surface area (Å²) in [5.74, 6) is -0.383. The predicted octanol–water partition coefficient (Wildman–Crippen LogP) is 0.615. The first-order chi connectivity index (χ1) is 6.06. The smallest absolute Gasteiger partial charge is 0.411 e. The first-order valence-corrected chi connectivity index (χ1v) is 3.49. The zero-order chi connectivity index (χ0) is 10.0. The van der Waals surface area contributed by atoms with Crippen molar-refractivity contribution in [2.45, 2.75) is 0 Å². The Morgan fingerprint density at radius 3 is 2.62 bits per heavy atom. The third-order valence-electron chi connectivity index (χ3n) is 1.60. The molecule has 0 atom stereocenters. The van der Waals surface area contributed by atoms with Crippen LogP contribution in [-0.2, 0) is 11.8 Å². The Hall–Kier alpha value is -1.85. The van der Waals surface area contributed by atoms with Crippen molar-refractivity contribution in [2.75, 3.05) is 12.4 Å². The molecule has 0 spiro atoms. The fourth-order valence-corrected chi connectivity index (χ4v) is 0.833. The third kappa shape index (κ3) is 1.66. The first kappa shape index (κ1) is 9.24. The summed E-state index contributed by atoms with van der Waals surface area (Å²) in [6, 6.07) is 1.21. The molecule has 1 aromatic rings. The van der Waals surface area contributed by atoms with Crippen LogP contribution in [0.4, 0.5) is 10.5 Å². The van der Waals surface area contributed by atoms with Crippen LogP contribution in [0.25, 0.3) is 0 Å². The van der Waals surface area contributed by atoms with Gasteiger partial charge in [0.05, 0.1) is 7.11 Å². The maximum absolute atomic E-state index is 10.7. The van der Waals surface area contributed by atoms with Crippen LogP contribution in [0.15, 0.2) is 6.07 Å². The highest BCUT2D eigenvalue weighted by Gasteiger charge is 2.12. The topological polar surface area (TPSA) is 83.7 Å². The van der Waals surface area contributed by atoms with E-state index in [0.717, 1.165) is 4.57 Å². The highest BCUT2D eigenvalue weighted by Crippen LogP contribution is 2.30. The number of carbonyl (C=O) groups is 1. The van der Waals surface area contributed by atoms with E-state index in [9.17, 15) is 9.90 Å². The molecule has 1 rings (SSSR count). The Morgan fingerprint density at radius 2 is 2.23 bits per heavy atom. The van der Waals surface area contributed by atoms with Crippen LogP contribution in [-0.4, -0.2) is 28.0 Å².